The van der Waals surface area contributed by atoms with Crippen LogP contribution in [-0.4, -0.2) is 42.2 Å². The van der Waals surface area contributed by atoms with Crippen LogP contribution >= 0.6 is 11.6 Å². The molecule has 1 heterocycles. The van der Waals surface area contributed by atoms with Gasteiger partial charge in [-0.25, -0.2) is 4.79 Å². The summed E-state index contributed by atoms with van der Waals surface area (Å²) in [5.41, 5.74) is 1.10. The Morgan fingerprint density at radius 1 is 1.41 bits per heavy atom. The molecule has 2 rings (SSSR count). The molecule has 6 nitrogen and oxygen atoms in total. The Hall–Kier alpha value is -2.05. The predicted octanol–water partition coefficient (Wildman–Crippen LogP) is 2.21. The number of aromatic carboxylic acids is 1. The first-order valence-corrected chi connectivity index (χ1v) is 7.19. The third kappa shape index (κ3) is 3.78. The number of carboxylic acid groups (broad SMARTS) is 1. The van der Waals surface area contributed by atoms with E-state index in [4.69, 9.17) is 16.3 Å². The standard InChI is InChI=1S/C15H17ClN2O4/c1-22-6-2-5-17-13(19)8-11-10-7-9(16)3-4-12(10)18-14(11)15(20)21/h3-4,7,18H,2,5-6,8H2,1H3,(H,17,19)(H,20,21). The van der Waals surface area contributed by atoms with Crippen molar-refractivity contribution in [1.29, 1.82) is 0 Å². The van der Waals surface area contributed by atoms with Gasteiger partial charge >= 0.3 is 5.97 Å². The first-order chi connectivity index (χ1) is 10.5. The maximum atomic E-state index is 12.0. The summed E-state index contributed by atoms with van der Waals surface area (Å²) >= 11 is 5.96. The zero-order valence-corrected chi connectivity index (χ0v) is 12.9. The van der Waals surface area contributed by atoms with Crippen molar-refractivity contribution < 1.29 is 19.4 Å². The fourth-order valence-electron chi connectivity index (χ4n) is 2.25. The Bertz CT molecular complexity index is 696. The van der Waals surface area contributed by atoms with Crippen LogP contribution in [0.4, 0.5) is 0 Å². The van der Waals surface area contributed by atoms with Crippen LogP contribution in [0.2, 0.25) is 5.02 Å². The van der Waals surface area contributed by atoms with Gasteiger partial charge in [0.05, 0.1) is 6.42 Å². The maximum absolute atomic E-state index is 12.0. The third-order valence-electron chi connectivity index (χ3n) is 3.27. The van der Waals surface area contributed by atoms with Gasteiger partial charge in [0.15, 0.2) is 0 Å². The van der Waals surface area contributed by atoms with E-state index < -0.39 is 5.97 Å². The van der Waals surface area contributed by atoms with E-state index in [-0.39, 0.29) is 18.0 Å². The molecule has 1 aromatic carbocycles. The minimum Gasteiger partial charge on any atom is -0.477 e. The smallest absolute Gasteiger partial charge is 0.352 e. The van der Waals surface area contributed by atoms with Crippen LogP contribution in [-0.2, 0) is 16.0 Å². The number of carboxylic acids is 1. The lowest BCUT2D eigenvalue weighted by Crippen LogP contribution is -2.27. The van der Waals surface area contributed by atoms with Crippen LogP contribution < -0.4 is 5.32 Å². The fourth-order valence-corrected chi connectivity index (χ4v) is 2.43. The Labute approximate surface area is 132 Å². The minimum atomic E-state index is -1.10. The number of hydrogen-bond acceptors (Lipinski definition) is 3. The van der Waals surface area contributed by atoms with Crippen molar-refractivity contribution in [3.05, 3.63) is 34.5 Å². The molecular weight excluding hydrogens is 308 g/mol. The summed E-state index contributed by atoms with van der Waals surface area (Å²) in [5, 5.41) is 13.2. The summed E-state index contributed by atoms with van der Waals surface area (Å²) in [4.78, 5) is 26.1. The van der Waals surface area contributed by atoms with Crippen LogP contribution in [0.15, 0.2) is 18.2 Å². The molecule has 1 amide bonds. The monoisotopic (exact) mass is 324 g/mol. The summed E-state index contributed by atoms with van der Waals surface area (Å²) in [6.45, 7) is 1.04. The molecule has 3 N–H and O–H groups in total. The van der Waals surface area contributed by atoms with Crippen molar-refractivity contribution >= 4 is 34.4 Å². The highest BCUT2D eigenvalue weighted by Gasteiger charge is 2.19. The van der Waals surface area contributed by atoms with Gasteiger partial charge in [-0.3, -0.25) is 4.79 Å². The second kappa shape index (κ2) is 7.29. The van der Waals surface area contributed by atoms with E-state index in [0.717, 1.165) is 0 Å². The number of carbonyl (C=O) groups is 2. The van der Waals surface area contributed by atoms with E-state index in [9.17, 15) is 14.7 Å². The number of benzene rings is 1. The Kier molecular flexibility index (Phi) is 5.41. The van der Waals surface area contributed by atoms with Gasteiger partial charge in [-0.2, -0.15) is 0 Å². The summed E-state index contributed by atoms with van der Waals surface area (Å²) in [6.07, 6.45) is 0.683. The number of aromatic nitrogens is 1. The van der Waals surface area contributed by atoms with Gasteiger partial charge in [0.25, 0.3) is 0 Å². The van der Waals surface area contributed by atoms with Gasteiger partial charge in [-0.05, 0) is 24.6 Å². The second-order valence-corrected chi connectivity index (χ2v) is 5.28. The molecule has 7 heteroatoms. The quantitative estimate of drug-likeness (QED) is 0.681. The number of amides is 1. The summed E-state index contributed by atoms with van der Waals surface area (Å²) < 4.78 is 4.90. The number of fused-ring (bicyclic) bond motifs is 1. The normalized spacial score (nSPS) is 10.8. The van der Waals surface area contributed by atoms with Gasteiger partial charge in [-0.1, -0.05) is 11.6 Å². The number of H-pyrrole nitrogens is 1. The third-order valence-corrected chi connectivity index (χ3v) is 3.50. The lowest BCUT2D eigenvalue weighted by Gasteiger charge is -2.05. The number of nitrogens with one attached hydrogen (secondary N) is 2. The molecule has 0 spiro atoms. The van der Waals surface area contributed by atoms with Crippen LogP contribution in [0.3, 0.4) is 0 Å². The molecule has 0 aliphatic heterocycles. The SMILES string of the molecule is COCCCNC(=O)Cc1c(C(=O)O)[nH]c2ccc(Cl)cc12. The second-order valence-electron chi connectivity index (χ2n) is 4.85. The highest BCUT2D eigenvalue weighted by Crippen LogP contribution is 2.26. The van der Waals surface area contributed by atoms with Crippen molar-refractivity contribution in [2.75, 3.05) is 20.3 Å². The molecule has 0 saturated heterocycles. The topological polar surface area (TPSA) is 91.4 Å². The molecule has 0 saturated carbocycles. The van der Waals surface area contributed by atoms with E-state index in [0.29, 0.717) is 41.1 Å². The Morgan fingerprint density at radius 2 is 2.18 bits per heavy atom. The Morgan fingerprint density at radius 3 is 2.86 bits per heavy atom. The fraction of sp³-hybridized carbons (Fsp3) is 0.333. The molecule has 118 valence electrons. The van der Waals surface area contributed by atoms with Crippen LogP contribution in [0, 0.1) is 0 Å². The predicted molar refractivity (Wildman–Crippen MR) is 83.5 cm³/mol. The Balaban J connectivity index is 2.21. The van der Waals surface area contributed by atoms with Gasteiger partial charge in [0, 0.05) is 41.8 Å². The number of halogens is 1. The molecule has 22 heavy (non-hydrogen) atoms. The van der Waals surface area contributed by atoms with Crippen molar-refractivity contribution in [1.82, 2.24) is 10.3 Å². The van der Waals surface area contributed by atoms with Crippen molar-refractivity contribution in [3.8, 4) is 0 Å². The first-order valence-electron chi connectivity index (χ1n) is 6.82. The molecule has 2 aromatic rings. The van der Waals surface area contributed by atoms with E-state index >= 15 is 0 Å². The number of methoxy groups -OCH3 is 1. The van der Waals surface area contributed by atoms with Gasteiger partial charge < -0.3 is 20.1 Å². The molecule has 0 aliphatic carbocycles. The average Bonchev–Trinajstić information content (AvgIpc) is 2.82. The highest BCUT2D eigenvalue weighted by molar-refractivity contribution is 6.31. The minimum absolute atomic E-state index is 0.0179. The first kappa shape index (κ1) is 16.3. The highest BCUT2D eigenvalue weighted by atomic mass is 35.5. The molecule has 0 bridgehead atoms. The molecule has 0 aliphatic rings. The average molecular weight is 325 g/mol. The van der Waals surface area contributed by atoms with Crippen LogP contribution in [0.1, 0.15) is 22.5 Å². The zero-order chi connectivity index (χ0) is 16.1. The lowest BCUT2D eigenvalue weighted by atomic mass is 10.1. The summed E-state index contributed by atoms with van der Waals surface area (Å²) in [5.74, 6) is -1.34. The van der Waals surface area contributed by atoms with Gasteiger partial charge in [0.1, 0.15) is 5.69 Å². The summed E-state index contributed by atoms with van der Waals surface area (Å²) in [6, 6.07) is 5.03. The molecule has 0 radical (unpaired) electrons. The zero-order valence-electron chi connectivity index (χ0n) is 12.1. The van der Waals surface area contributed by atoms with Gasteiger partial charge in [0.2, 0.25) is 5.91 Å². The maximum Gasteiger partial charge on any atom is 0.352 e. The molecule has 0 atom stereocenters. The largest absolute Gasteiger partial charge is 0.477 e. The van der Waals surface area contributed by atoms with E-state index in [1.165, 1.54) is 0 Å². The van der Waals surface area contributed by atoms with Crippen molar-refractivity contribution in [2.24, 2.45) is 0 Å². The molecular formula is C15H17ClN2O4. The van der Waals surface area contributed by atoms with Gasteiger partial charge in [-0.15, -0.1) is 0 Å². The number of carbonyl (C=O) groups excluding carboxylic acids is 1. The van der Waals surface area contributed by atoms with Crippen molar-refractivity contribution in [3.63, 3.8) is 0 Å². The van der Waals surface area contributed by atoms with Crippen molar-refractivity contribution in [2.45, 2.75) is 12.8 Å². The molecule has 0 fully saturated rings. The van der Waals surface area contributed by atoms with E-state index in [1.807, 2.05) is 0 Å². The van der Waals surface area contributed by atoms with E-state index in [2.05, 4.69) is 10.3 Å². The van der Waals surface area contributed by atoms with Crippen LogP contribution in [0.5, 0.6) is 0 Å². The molecule has 0 unspecified atom stereocenters. The summed E-state index contributed by atoms with van der Waals surface area (Å²) in [7, 11) is 1.59. The number of rotatable bonds is 7. The number of hydrogen-bond donors (Lipinski definition) is 3. The molecule has 1 aromatic heterocycles. The number of aromatic amines is 1. The van der Waals surface area contributed by atoms with Crippen LogP contribution in [0.25, 0.3) is 10.9 Å². The lowest BCUT2D eigenvalue weighted by molar-refractivity contribution is -0.120. The van der Waals surface area contributed by atoms with E-state index in [1.54, 1.807) is 25.3 Å². The number of ether oxygens (including phenoxy) is 1.